The van der Waals surface area contributed by atoms with Crippen LogP contribution >= 0.6 is 0 Å². The Morgan fingerprint density at radius 3 is 2.47 bits per heavy atom. The minimum absolute atomic E-state index is 0.174. The quantitative estimate of drug-likeness (QED) is 0.905. The lowest BCUT2D eigenvalue weighted by Crippen LogP contribution is -2.10. The number of ether oxygens (including phenoxy) is 1. The highest BCUT2D eigenvalue weighted by molar-refractivity contribution is 5.53. The van der Waals surface area contributed by atoms with E-state index in [1.165, 1.54) is 25.4 Å². The molecule has 0 saturated carbocycles. The van der Waals surface area contributed by atoms with Gasteiger partial charge in [0.2, 0.25) is 5.88 Å². The van der Waals surface area contributed by atoms with Crippen molar-refractivity contribution in [2.75, 3.05) is 12.8 Å². The van der Waals surface area contributed by atoms with Crippen molar-refractivity contribution in [3.05, 3.63) is 30.1 Å². The number of nitrogens with zero attached hydrogens (tertiary/aromatic N) is 3. The molecule has 100 valence electrons. The van der Waals surface area contributed by atoms with Gasteiger partial charge in [0.1, 0.15) is 5.69 Å². The van der Waals surface area contributed by atoms with Crippen molar-refractivity contribution in [1.29, 1.82) is 0 Å². The summed E-state index contributed by atoms with van der Waals surface area (Å²) in [4.78, 5) is 11.1. The number of pyridine rings is 1. The minimum Gasteiger partial charge on any atom is -0.481 e. The van der Waals surface area contributed by atoms with E-state index in [0.29, 0.717) is 5.69 Å². The van der Waals surface area contributed by atoms with Crippen LogP contribution in [0, 0.1) is 0 Å². The summed E-state index contributed by atoms with van der Waals surface area (Å²) in [5, 5.41) is 0. The summed E-state index contributed by atoms with van der Waals surface area (Å²) in [6.07, 6.45) is -3.27. The van der Waals surface area contributed by atoms with E-state index < -0.39 is 11.9 Å². The van der Waals surface area contributed by atoms with Crippen LogP contribution in [0.2, 0.25) is 0 Å². The Hall–Kier alpha value is -2.38. The molecule has 0 unspecified atom stereocenters. The maximum absolute atomic E-state index is 12.7. The second-order valence-corrected chi connectivity index (χ2v) is 3.59. The molecule has 0 spiro atoms. The Balaban J connectivity index is 2.54. The molecule has 0 bridgehead atoms. The van der Waals surface area contributed by atoms with Crippen LogP contribution in [-0.4, -0.2) is 22.1 Å². The normalized spacial score (nSPS) is 11.4. The van der Waals surface area contributed by atoms with Crippen molar-refractivity contribution in [3.63, 3.8) is 0 Å². The zero-order valence-electron chi connectivity index (χ0n) is 9.77. The number of alkyl halides is 3. The van der Waals surface area contributed by atoms with Gasteiger partial charge in [0.25, 0.3) is 0 Å². The number of nitrogens with two attached hydrogens (primary N) is 1. The molecule has 0 radical (unpaired) electrons. The molecule has 5 nitrogen and oxygen atoms in total. The average molecular weight is 270 g/mol. The molecular formula is C11H9F3N4O. The number of anilines is 1. The van der Waals surface area contributed by atoms with Gasteiger partial charge in [-0.25, -0.2) is 4.98 Å². The zero-order valence-corrected chi connectivity index (χ0v) is 9.77. The molecule has 0 fully saturated rings. The fraction of sp³-hybridized carbons (Fsp3) is 0.182. The van der Waals surface area contributed by atoms with Gasteiger partial charge in [-0.3, -0.25) is 4.98 Å². The van der Waals surface area contributed by atoms with Gasteiger partial charge in [0, 0.05) is 6.07 Å². The van der Waals surface area contributed by atoms with E-state index in [9.17, 15) is 13.2 Å². The Morgan fingerprint density at radius 2 is 1.95 bits per heavy atom. The summed E-state index contributed by atoms with van der Waals surface area (Å²) in [5.41, 5.74) is 4.93. The molecular weight excluding hydrogens is 261 g/mol. The number of hydrogen-bond donors (Lipinski definition) is 1. The third-order valence-electron chi connectivity index (χ3n) is 2.22. The van der Waals surface area contributed by atoms with Gasteiger partial charge in [-0.1, -0.05) is 0 Å². The Labute approximate surface area is 106 Å². The third-order valence-corrected chi connectivity index (χ3v) is 2.22. The van der Waals surface area contributed by atoms with Gasteiger partial charge < -0.3 is 10.5 Å². The summed E-state index contributed by atoms with van der Waals surface area (Å²) in [5.74, 6) is -0.359. The minimum atomic E-state index is -4.58. The maximum atomic E-state index is 12.7. The topological polar surface area (TPSA) is 73.9 Å². The molecule has 0 aliphatic carbocycles. The SMILES string of the molecule is COc1cc(C(F)(F)F)nc(-c2ccc(N)cn2)n1. The summed E-state index contributed by atoms with van der Waals surface area (Å²) in [6.45, 7) is 0. The summed E-state index contributed by atoms with van der Waals surface area (Å²) in [7, 11) is 1.22. The molecule has 0 aliphatic heterocycles. The van der Waals surface area contributed by atoms with Crippen LogP contribution < -0.4 is 10.5 Å². The van der Waals surface area contributed by atoms with Crippen LogP contribution in [-0.2, 0) is 6.18 Å². The van der Waals surface area contributed by atoms with Crippen molar-refractivity contribution in [2.45, 2.75) is 6.18 Å². The van der Waals surface area contributed by atoms with Gasteiger partial charge in [-0.15, -0.1) is 0 Å². The number of nitrogen functional groups attached to an aromatic ring is 1. The highest BCUT2D eigenvalue weighted by atomic mass is 19.4. The van der Waals surface area contributed by atoms with Gasteiger partial charge in [0.15, 0.2) is 11.5 Å². The van der Waals surface area contributed by atoms with Crippen molar-refractivity contribution in [1.82, 2.24) is 15.0 Å². The van der Waals surface area contributed by atoms with E-state index in [4.69, 9.17) is 10.5 Å². The van der Waals surface area contributed by atoms with Crippen LogP contribution in [0.15, 0.2) is 24.4 Å². The molecule has 2 aromatic rings. The van der Waals surface area contributed by atoms with E-state index in [2.05, 4.69) is 15.0 Å². The molecule has 19 heavy (non-hydrogen) atoms. The second kappa shape index (κ2) is 4.71. The summed E-state index contributed by atoms with van der Waals surface area (Å²) < 4.78 is 42.8. The number of aromatic nitrogens is 3. The van der Waals surface area contributed by atoms with E-state index >= 15 is 0 Å². The number of rotatable bonds is 2. The number of methoxy groups -OCH3 is 1. The molecule has 0 aliphatic rings. The van der Waals surface area contributed by atoms with Crippen molar-refractivity contribution < 1.29 is 17.9 Å². The highest BCUT2D eigenvalue weighted by Crippen LogP contribution is 2.30. The second-order valence-electron chi connectivity index (χ2n) is 3.59. The highest BCUT2D eigenvalue weighted by Gasteiger charge is 2.34. The van der Waals surface area contributed by atoms with Gasteiger partial charge in [-0.05, 0) is 12.1 Å². The predicted molar refractivity (Wildman–Crippen MR) is 61.2 cm³/mol. The Kier molecular flexibility index (Phi) is 3.24. The predicted octanol–water partition coefficient (Wildman–Crippen LogP) is 2.15. The molecule has 2 heterocycles. The lowest BCUT2D eigenvalue weighted by Gasteiger charge is -2.09. The lowest BCUT2D eigenvalue weighted by atomic mass is 10.3. The lowest BCUT2D eigenvalue weighted by molar-refractivity contribution is -0.141. The average Bonchev–Trinajstić information content (AvgIpc) is 2.38. The van der Waals surface area contributed by atoms with E-state index in [1.54, 1.807) is 0 Å². The van der Waals surface area contributed by atoms with Crippen molar-refractivity contribution >= 4 is 5.69 Å². The van der Waals surface area contributed by atoms with Crippen LogP contribution in [0.1, 0.15) is 5.69 Å². The summed E-state index contributed by atoms with van der Waals surface area (Å²) in [6, 6.07) is 3.66. The van der Waals surface area contributed by atoms with Gasteiger partial charge >= 0.3 is 6.18 Å². The van der Waals surface area contributed by atoms with E-state index in [1.807, 2.05) is 0 Å². The molecule has 0 aromatic carbocycles. The van der Waals surface area contributed by atoms with E-state index in [0.717, 1.165) is 6.07 Å². The van der Waals surface area contributed by atoms with Crippen molar-refractivity contribution in [3.8, 4) is 17.4 Å². The maximum Gasteiger partial charge on any atom is 0.433 e. The van der Waals surface area contributed by atoms with Gasteiger partial charge in [0.05, 0.1) is 19.0 Å². The first-order valence-electron chi connectivity index (χ1n) is 5.12. The van der Waals surface area contributed by atoms with Crippen LogP contribution in [0.4, 0.5) is 18.9 Å². The molecule has 8 heteroatoms. The first-order valence-corrected chi connectivity index (χ1v) is 5.12. The molecule has 0 saturated heterocycles. The standard InChI is InChI=1S/C11H9F3N4O/c1-19-9-4-8(11(12,13)14)17-10(18-9)7-3-2-6(15)5-16-7/h2-5H,15H2,1H3. The van der Waals surface area contributed by atoms with E-state index in [-0.39, 0.29) is 17.4 Å². The fourth-order valence-corrected chi connectivity index (χ4v) is 1.33. The Bertz CT molecular complexity index is 583. The Morgan fingerprint density at radius 1 is 1.21 bits per heavy atom. The van der Waals surface area contributed by atoms with Crippen LogP contribution in [0.3, 0.4) is 0 Å². The molecule has 2 aromatic heterocycles. The number of hydrogen-bond acceptors (Lipinski definition) is 5. The van der Waals surface area contributed by atoms with Gasteiger partial charge in [-0.2, -0.15) is 18.2 Å². The molecule has 2 rings (SSSR count). The number of halogens is 3. The fourth-order valence-electron chi connectivity index (χ4n) is 1.33. The molecule has 0 amide bonds. The monoisotopic (exact) mass is 270 g/mol. The summed E-state index contributed by atoms with van der Waals surface area (Å²) >= 11 is 0. The smallest absolute Gasteiger partial charge is 0.433 e. The van der Waals surface area contributed by atoms with Crippen LogP contribution in [0.25, 0.3) is 11.5 Å². The first-order chi connectivity index (χ1) is 8.90. The van der Waals surface area contributed by atoms with Crippen molar-refractivity contribution in [2.24, 2.45) is 0 Å². The third kappa shape index (κ3) is 2.90. The molecule has 0 atom stereocenters. The van der Waals surface area contributed by atoms with Crippen LogP contribution in [0.5, 0.6) is 5.88 Å². The largest absolute Gasteiger partial charge is 0.481 e. The first kappa shape index (κ1) is 13.1. The molecule has 2 N–H and O–H groups in total. The zero-order chi connectivity index (χ0) is 14.0.